The van der Waals surface area contributed by atoms with Crippen molar-refractivity contribution in [2.24, 2.45) is 0 Å². The van der Waals surface area contributed by atoms with Gasteiger partial charge in [0.2, 0.25) is 0 Å². The highest BCUT2D eigenvalue weighted by atomic mass is 16.7. The molecule has 0 N–H and O–H groups in total. The number of rotatable bonds is 4. The van der Waals surface area contributed by atoms with Crippen molar-refractivity contribution < 1.29 is 14.3 Å². The minimum Gasteiger partial charge on any atom is -0.337 e. The number of benzene rings is 3. The van der Waals surface area contributed by atoms with Gasteiger partial charge in [-0.2, -0.15) is 0 Å². The Kier molecular flexibility index (Phi) is 5.29. The van der Waals surface area contributed by atoms with Gasteiger partial charge in [0.15, 0.2) is 0 Å². The number of fused-ring (bicyclic) bond motifs is 2. The van der Waals surface area contributed by atoms with Gasteiger partial charge in [0.05, 0.1) is 25.6 Å². The van der Waals surface area contributed by atoms with Crippen LogP contribution >= 0.6 is 0 Å². The van der Waals surface area contributed by atoms with E-state index in [1.54, 1.807) is 0 Å². The highest BCUT2D eigenvalue weighted by Crippen LogP contribution is 2.48. The molecule has 0 unspecified atom stereocenters. The number of carbonyl (C=O) groups is 1. The van der Waals surface area contributed by atoms with E-state index < -0.39 is 5.79 Å². The Hall–Kier alpha value is -2.99. The summed E-state index contributed by atoms with van der Waals surface area (Å²) in [7, 11) is 0. The summed E-state index contributed by atoms with van der Waals surface area (Å²) in [5.41, 5.74) is 3.93. The van der Waals surface area contributed by atoms with E-state index in [4.69, 9.17) is 9.47 Å². The molecule has 5 nitrogen and oxygen atoms in total. The molecule has 174 valence electrons. The van der Waals surface area contributed by atoms with Crippen molar-refractivity contribution in [1.29, 1.82) is 0 Å². The molecule has 3 aliphatic heterocycles. The van der Waals surface area contributed by atoms with E-state index in [9.17, 15) is 4.79 Å². The predicted molar refractivity (Wildman–Crippen MR) is 132 cm³/mol. The van der Waals surface area contributed by atoms with Crippen LogP contribution in [-0.2, 0) is 25.5 Å². The van der Waals surface area contributed by atoms with Crippen molar-refractivity contribution in [3.8, 4) is 0 Å². The van der Waals surface area contributed by atoms with E-state index >= 15 is 0 Å². The van der Waals surface area contributed by atoms with Gasteiger partial charge in [-0.1, -0.05) is 85.8 Å². The molecular weight excluding hydrogens is 424 g/mol. The molecule has 0 radical (unpaired) electrons. The lowest BCUT2D eigenvalue weighted by Gasteiger charge is -2.42. The molecule has 3 aromatic rings. The van der Waals surface area contributed by atoms with E-state index in [1.807, 2.05) is 47.4 Å². The number of hydrogen-bond donors (Lipinski definition) is 0. The van der Waals surface area contributed by atoms with Crippen molar-refractivity contribution in [2.75, 3.05) is 37.9 Å². The average molecular weight is 455 g/mol. The van der Waals surface area contributed by atoms with E-state index in [2.05, 4.69) is 54.3 Å². The van der Waals surface area contributed by atoms with Gasteiger partial charge in [-0.3, -0.25) is 14.6 Å². The summed E-state index contributed by atoms with van der Waals surface area (Å²) in [6.45, 7) is 5.42. The van der Waals surface area contributed by atoms with E-state index in [1.165, 1.54) is 5.56 Å². The lowest BCUT2D eigenvalue weighted by atomic mass is 9.83. The second-order valence-corrected chi connectivity index (χ2v) is 9.99. The van der Waals surface area contributed by atoms with Crippen LogP contribution in [0.3, 0.4) is 0 Å². The van der Waals surface area contributed by atoms with Gasteiger partial charge in [-0.05, 0) is 29.5 Å². The molecule has 0 bridgehead atoms. The Morgan fingerprint density at radius 3 is 2.26 bits per heavy atom. The van der Waals surface area contributed by atoms with Gasteiger partial charge >= 0.3 is 0 Å². The van der Waals surface area contributed by atoms with E-state index in [0.29, 0.717) is 25.8 Å². The molecule has 1 amide bonds. The number of ether oxygens (including phenoxy) is 2. The van der Waals surface area contributed by atoms with Gasteiger partial charge in [0.1, 0.15) is 0 Å². The smallest absolute Gasteiger partial charge is 0.293 e. The van der Waals surface area contributed by atoms with Crippen molar-refractivity contribution in [2.45, 2.75) is 30.5 Å². The zero-order chi connectivity index (χ0) is 23.2. The zero-order valence-corrected chi connectivity index (χ0v) is 19.5. The molecule has 2 fully saturated rings. The summed E-state index contributed by atoms with van der Waals surface area (Å²) in [4.78, 5) is 18.1. The number of hydrogen-bond acceptors (Lipinski definition) is 4. The fraction of sp³-hybridized carbons (Fsp3) is 0.345. The summed E-state index contributed by atoms with van der Waals surface area (Å²) in [6.07, 6.45) is 1.10. The van der Waals surface area contributed by atoms with Crippen LogP contribution in [-0.4, -0.2) is 43.8 Å². The standard InChI is InChI=1S/C29H30N2O3/c1-28(24-12-6-3-7-13-24)19-33-29(34-20-28)25-14-8-9-15-26(25)31(27(29)32)21-30-17-16-23(18-30)22-10-4-2-5-11-22/h2-15,23H,16-21H2,1H3/t23-,28?,29?/m1/s1. The largest absolute Gasteiger partial charge is 0.337 e. The Morgan fingerprint density at radius 1 is 0.882 bits per heavy atom. The number of carbonyl (C=O) groups excluding carboxylic acids is 1. The first-order valence-electron chi connectivity index (χ1n) is 12.1. The third-order valence-electron chi connectivity index (χ3n) is 7.62. The fourth-order valence-corrected chi connectivity index (χ4v) is 5.58. The van der Waals surface area contributed by atoms with Crippen LogP contribution < -0.4 is 4.90 Å². The fourth-order valence-electron chi connectivity index (χ4n) is 5.58. The maximum atomic E-state index is 13.9. The summed E-state index contributed by atoms with van der Waals surface area (Å²) >= 11 is 0. The highest BCUT2D eigenvalue weighted by Gasteiger charge is 2.57. The SMILES string of the molecule is CC1(c2ccccc2)COC2(OC1)C(=O)N(CN1CC[C@@H](c3ccccc3)C1)c1ccccc12. The molecule has 2 saturated heterocycles. The molecule has 1 atom stereocenters. The topological polar surface area (TPSA) is 42.0 Å². The number of nitrogens with zero attached hydrogens (tertiary/aromatic N) is 2. The molecule has 0 aromatic heterocycles. The minimum absolute atomic E-state index is 0.119. The molecule has 1 spiro atoms. The van der Waals surface area contributed by atoms with Crippen LogP contribution in [0.25, 0.3) is 0 Å². The summed E-state index contributed by atoms with van der Waals surface area (Å²) in [5, 5.41) is 0. The first-order valence-corrected chi connectivity index (χ1v) is 12.1. The van der Waals surface area contributed by atoms with Crippen LogP contribution in [0.5, 0.6) is 0 Å². The predicted octanol–water partition coefficient (Wildman–Crippen LogP) is 4.64. The lowest BCUT2D eigenvalue weighted by Crippen LogP contribution is -2.54. The van der Waals surface area contributed by atoms with Crippen molar-refractivity contribution in [1.82, 2.24) is 4.90 Å². The number of likely N-dealkylation sites (tertiary alicyclic amines) is 1. The maximum Gasteiger partial charge on any atom is 0.293 e. The molecular formula is C29H30N2O3. The summed E-state index contributed by atoms with van der Waals surface area (Å²) in [5.74, 6) is -0.979. The first kappa shape index (κ1) is 21.5. The summed E-state index contributed by atoms with van der Waals surface area (Å²) in [6, 6.07) is 28.8. The molecule has 34 heavy (non-hydrogen) atoms. The van der Waals surface area contributed by atoms with Crippen LogP contribution in [0.15, 0.2) is 84.9 Å². The first-order chi connectivity index (χ1) is 16.6. The van der Waals surface area contributed by atoms with Crippen LogP contribution in [0.2, 0.25) is 0 Å². The summed E-state index contributed by atoms with van der Waals surface area (Å²) < 4.78 is 12.8. The van der Waals surface area contributed by atoms with E-state index in [0.717, 1.165) is 36.3 Å². The molecule has 0 aliphatic carbocycles. The normalized spacial score (nSPS) is 29.0. The molecule has 5 heteroatoms. The van der Waals surface area contributed by atoms with Gasteiger partial charge in [-0.25, -0.2) is 0 Å². The molecule has 6 rings (SSSR count). The Balaban J connectivity index is 1.23. The second-order valence-electron chi connectivity index (χ2n) is 9.99. The highest BCUT2D eigenvalue weighted by molar-refractivity contribution is 6.06. The quantitative estimate of drug-likeness (QED) is 0.576. The van der Waals surface area contributed by atoms with Crippen LogP contribution in [0.4, 0.5) is 5.69 Å². The zero-order valence-electron chi connectivity index (χ0n) is 19.5. The molecule has 3 heterocycles. The van der Waals surface area contributed by atoms with E-state index in [-0.39, 0.29) is 11.3 Å². The second kappa shape index (κ2) is 8.35. The van der Waals surface area contributed by atoms with Gasteiger partial charge in [0, 0.05) is 24.1 Å². The average Bonchev–Trinajstić information content (AvgIpc) is 3.45. The Labute approximate surface area is 200 Å². The Bertz CT molecular complexity index is 1170. The molecule has 3 aromatic carbocycles. The Morgan fingerprint density at radius 2 is 1.53 bits per heavy atom. The third kappa shape index (κ3) is 3.47. The van der Waals surface area contributed by atoms with Crippen LogP contribution in [0, 0.1) is 0 Å². The molecule has 0 saturated carbocycles. The monoisotopic (exact) mass is 454 g/mol. The number of amides is 1. The van der Waals surface area contributed by atoms with Gasteiger partial charge in [0.25, 0.3) is 11.7 Å². The maximum absolute atomic E-state index is 13.9. The lowest BCUT2D eigenvalue weighted by molar-refractivity contribution is -0.276. The van der Waals surface area contributed by atoms with Crippen molar-refractivity contribution >= 4 is 11.6 Å². The number of anilines is 1. The van der Waals surface area contributed by atoms with Gasteiger partial charge < -0.3 is 9.47 Å². The van der Waals surface area contributed by atoms with Crippen molar-refractivity contribution in [3.05, 3.63) is 102 Å². The molecule has 3 aliphatic rings. The van der Waals surface area contributed by atoms with Crippen molar-refractivity contribution in [3.63, 3.8) is 0 Å². The van der Waals surface area contributed by atoms with Gasteiger partial charge in [-0.15, -0.1) is 0 Å². The van der Waals surface area contributed by atoms with Crippen LogP contribution in [0.1, 0.15) is 36.0 Å². The minimum atomic E-state index is -1.36. The third-order valence-corrected chi connectivity index (χ3v) is 7.62. The number of para-hydroxylation sites is 1.